The molecule has 0 saturated heterocycles. The predicted molar refractivity (Wildman–Crippen MR) is 143 cm³/mol. The summed E-state index contributed by atoms with van der Waals surface area (Å²) in [5.41, 5.74) is 3.62. The van der Waals surface area contributed by atoms with E-state index in [1.54, 1.807) is 17.6 Å². The van der Waals surface area contributed by atoms with E-state index in [1.165, 1.54) is 0 Å². The SMILES string of the molecule is CCCCCN1C=Nc2cccc3nc4c(c1c23)Cn1c-4cc2c(c1=O)COC(=O)C2(O)CC.O=C(O)C(F)(F)F. The Morgan fingerprint density at radius 3 is 2.56 bits per heavy atom. The largest absolute Gasteiger partial charge is 0.490 e. The maximum absolute atomic E-state index is 13.5. The Balaban J connectivity index is 0.000000431. The van der Waals surface area contributed by atoms with Crippen LogP contribution in [0.25, 0.3) is 22.3 Å². The second-order valence-corrected chi connectivity index (χ2v) is 10.0. The van der Waals surface area contributed by atoms with Crippen LogP contribution in [0, 0.1) is 0 Å². The summed E-state index contributed by atoms with van der Waals surface area (Å²) in [6.45, 7) is 4.96. The average Bonchev–Trinajstić information content (AvgIpc) is 3.31. The van der Waals surface area contributed by atoms with Gasteiger partial charge in [0.1, 0.15) is 6.61 Å². The van der Waals surface area contributed by atoms with Crippen molar-refractivity contribution in [2.75, 3.05) is 11.4 Å². The van der Waals surface area contributed by atoms with E-state index in [-0.39, 0.29) is 18.6 Å². The number of halogens is 3. The molecule has 1 aromatic carbocycles. The van der Waals surface area contributed by atoms with Crippen LogP contribution in [0.4, 0.5) is 24.5 Å². The number of carboxylic acids is 1. The molecule has 3 aromatic rings. The molecule has 0 spiro atoms. The van der Waals surface area contributed by atoms with E-state index in [4.69, 9.17) is 19.6 Å². The van der Waals surface area contributed by atoms with E-state index < -0.39 is 23.7 Å². The first kappa shape index (κ1) is 28.3. The number of cyclic esters (lactones) is 1. The van der Waals surface area contributed by atoms with E-state index in [0.29, 0.717) is 29.1 Å². The van der Waals surface area contributed by atoms with Crippen molar-refractivity contribution in [3.05, 3.63) is 51.3 Å². The van der Waals surface area contributed by atoms with Crippen molar-refractivity contribution in [3.8, 4) is 11.4 Å². The number of unbranched alkanes of at least 4 members (excludes halogenated alkanes) is 2. The van der Waals surface area contributed by atoms with Gasteiger partial charge in [0.2, 0.25) is 0 Å². The smallest absolute Gasteiger partial charge is 0.475 e. The average molecular weight is 573 g/mol. The Kier molecular flexibility index (Phi) is 7.10. The molecule has 216 valence electrons. The number of aliphatic hydroxyl groups is 1. The van der Waals surface area contributed by atoms with Gasteiger partial charge >= 0.3 is 18.1 Å². The first-order valence-corrected chi connectivity index (χ1v) is 13.2. The number of carboxylic acid groups (broad SMARTS) is 1. The summed E-state index contributed by atoms with van der Waals surface area (Å²) in [6, 6.07) is 7.65. The Morgan fingerprint density at radius 2 is 1.90 bits per heavy atom. The molecule has 2 N–H and O–H groups in total. The van der Waals surface area contributed by atoms with E-state index >= 15 is 0 Å². The van der Waals surface area contributed by atoms with Crippen LogP contribution in [-0.2, 0) is 33.1 Å². The molecule has 0 fully saturated rings. The number of alkyl halides is 3. The highest BCUT2D eigenvalue weighted by Crippen LogP contribution is 2.46. The van der Waals surface area contributed by atoms with Gasteiger partial charge in [-0.2, -0.15) is 13.2 Å². The summed E-state index contributed by atoms with van der Waals surface area (Å²) in [7, 11) is 0. The Bertz CT molecular complexity index is 1670. The van der Waals surface area contributed by atoms with Gasteiger partial charge in [0.25, 0.3) is 5.56 Å². The van der Waals surface area contributed by atoms with Gasteiger partial charge < -0.3 is 24.4 Å². The lowest BCUT2D eigenvalue weighted by atomic mass is 9.86. The van der Waals surface area contributed by atoms with Crippen molar-refractivity contribution in [2.24, 2.45) is 4.99 Å². The summed E-state index contributed by atoms with van der Waals surface area (Å²) >= 11 is 0. The number of anilines is 1. The van der Waals surface area contributed by atoms with Gasteiger partial charge in [-0.3, -0.25) is 4.79 Å². The van der Waals surface area contributed by atoms with Crippen LogP contribution < -0.4 is 10.5 Å². The highest BCUT2D eigenvalue weighted by molar-refractivity contribution is 6.11. The number of hydrogen-bond acceptors (Lipinski definition) is 8. The van der Waals surface area contributed by atoms with Crippen molar-refractivity contribution in [2.45, 2.75) is 64.5 Å². The number of rotatable bonds is 5. The minimum atomic E-state index is -5.08. The molecule has 1 unspecified atom stereocenters. The number of ether oxygens (including phenoxy) is 1. The summed E-state index contributed by atoms with van der Waals surface area (Å²) in [6.07, 6.45) is 0.201. The van der Waals surface area contributed by atoms with Crippen LogP contribution in [0.1, 0.15) is 56.2 Å². The molecule has 2 aromatic heterocycles. The predicted octanol–water partition coefficient (Wildman–Crippen LogP) is 4.38. The van der Waals surface area contributed by atoms with E-state index in [2.05, 4.69) is 16.8 Å². The minimum Gasteiger partial charge on any atom is -0.475 e. The zero-order valence-corrected chi connectivity index (χ0v) is 22.3. The van der Waals surface area contributed by atoms with Crippen LogP contribution in [0.3, 0.4) is 0 Å². The molecule has 3 aliphatic rings. The normalized spacial score (nSPS) is 18.3. The molecule has 0 saturated carbocycles. The fourth-order valence-corrected chi connectivity index (χ4v) is 5.40. The van der Waals surface area contributed by atoms with E-state index in [1.807, 2.05) is 24.5 Å². The molecule has 6 rings (SSSR count). The van der Waals surface area contributed by atoms with Crippen LogP contribution in [0.2, 0.25) is 0 Å². The van der Waals surface area contributed by atoms with Gasteiger partial charge in [0.05, 0.1) is 52.1 Å². The van der Waals surface area contributed by atoms with Crippen molar-refractivity contribution in [1.29, 1.82) is 0 Å². The van der Waals surface area contributed by atoms with Gasteiger partial charge in [-0.15, -0.1) is 0 Å². The zero-order chi connectivity index (χ0) is 29.7. The molecule has 13 heteroatoms. The van der Waals surface area contributed by atoms with Gasteiger partial charge in [-0.05, 0) is 31.0 Å². The second kappa shape index (κ2) is 10.3. The maximum atomic E-state index is 13.5. The highest BCUT2D eigenvalue weighted by atomic mass is 19.4. The fraction of sp³-hybridized carbons (Fsp3) is 0.393. The number of pyridine rings is 2. The van der Waals surface area contributed by atoms with E-state index in [9.17, 15) is 27.9 Å². The van der Waals surface area contributed by atoms with Gasteiger partial charge in [0, 0.05) is 17.7 Å². The lowest BCUT2D eigenvalue weighted by molar-refractivity contribution is -0.192. The van der Waals surface area contributed by atoms with Crippen molar-refractivity contribution in [3.63, 3.8) is 0 Å². The summed E-state index contributed by atoms with van der Waals surface area (Å²) in [5.74, 6) is -3.47. The standard InChI is InChI=1S/C26H26N4O4.C2HF3O2/c1-3-5-6-10-29-14-27-18-8-7-9-19-21(18)23(29)15-12-30-20(22(15)28-19)11-17-16(24(30)31)13-34-25(32)26(17,33)4-2;3-2(4,5)1(6)7/h7-9,11,14,33H,3-6,10,12-13H2,1-2H3;(H,6,7). The zero-order valence-electron chi connectivity index (χ0n) is 22.3. The third-order valence-electron chi connectivity index (χ3n) is 7.53. The molecule has 0 bridgehead atoms. The van der Waals surface area contributed by atoms with Crippen LogP contribution in [0.5, 0.6) is 0 Å². The van der Waals surface area contributed by atoms with E-state index in [0.717, 1.165) is 53.6 Å². The molecule has 3 aliphatic heterocycles. The summed E-state index contributed by atoms with van der Waals surface area (Å²) < 4.78 is 38.6. The van der Waals surface area contributed by atoms with Gasteiger partial charge in [-0.1, -0.05) is 32.8 Å². The monoisotopic (exact) mass is 572 g/mol. The molecule has 1 atom stereocenters. The first-order chi connectivity index (χ1) is 19.4. The molecule has 41 heavy (non-hydrogen) atoms. The van der Waals surface area contributed by atoms with Gasteiger partial charge in [0.15, 0.2) is 5.60 Å². The number of esters is 1. The molecule has 0 amide bonds. The molecule has 5 heterocycles. The summed E-state index contributed by atoms with van der Waals surface area (Å²) in [4.78, 5) is 46.7. The number of carbonyl (C=O) groups excluding carboxylic acids is 1. The topological polar surface area (TPSA) is 134 Å². The maximum Gasteiger partial charge on any atom is 0.490 e. The van der Waals surface area contributed by atoms with Crippen molar-refractivity contribution >= 4 is 40.6 Å². The number of aliphatic imine (C=N–C) groups is 1. The number of aliphatic carboxylic acids is 1. The molecular formula is C28H27F3N4O6. The lowest BCUT2D eigenvalue weighted by Gasteiger charge is -2.31. The quantitative estimate of drug-likeness (QED) is 0.266. The number of fused-ring (bicyclic) bond motifs is 5. The third kappa shape index (κ3) is 4.63. The van der Waals surface area contributed by atoms with Gasteiger partial charge in [-0.25, -0.2) is 19.6 Å². The Hall–Kier alpha value is -4.26. The Morgan fingerprint density at radius 1 is 1.17 bits per heavy atom. The van der Waals surface area contributed by atoms with Crippen molar-refractivity contribution in [1.82, 2.24) is 9.55 Å². The lowest BCUT2D eigenvalue weighted by Crippen LogP contribution is -2.44. The highest BCUT2D eigenvalue weighted by Gasteiger charge is 2.45. The fourth-order valence-electron chi connectivity index (χ4n) is 5.40. The third-order valence-corrected chi connectivity index (χ3v) is 7.53. The number of carbonyl (C=O) groups is 2. The second-order valence-electron chi connectivity index (χ2n) is 10.0. The van der Waals surface area contributed by atoms with Crippen LogP contribution in [0.15, 0.2) is 34.1 Å². The molecular weight excluding hydrogens is 545 g/mol. The Labute approximate surface area is 231 Å². The molecule has 0 radical (unpaired) electrons. The number of aromatic nitrogens is 2. The van der Waals surface area contributed by atoms with Crippen LogP contribution >= 0.6 is 0 Å². The van der Waals surface area contributed by atoms with Crippen LogP contribution in [-0.4, -0.2) is 50.8 Å². The summed E-state index contributed by atoms with van der Waals surface area (Å²) in [5, 5.41) is 19.2. The van der Waals surface area contributed by atoms with Crippen molar-refractivity contribution < 1.29 is 37.7 Å². The first-order valence-electron chi connectivity index (χ1n) is 13.2. The molecule has 0 aliphatic carbocycles. The number of hydrogen-bond donors (Lipinski definition) is 2. The minimum absolute atomic E-state index is 0.121. The molecule has 10 nitrogen and oxygen atoms in total. The number of benzene rings is 1. The number of nitrogens with zero attached hydrogens (tertiary/aromatic N) is 4.